The zero-order valence-corrected chi connectivity index (χ0v) is 19.4. The van der Waals surface area contributed by atoms with Gasteiger partial charge in [-0.3, -0.25) is 9.78 Å². The fourth-order valence-corrected chi connectivity index (χ4v) is 3.72. The third-order valence-corrected chi connectivity index (χ3v) is 5.63. The molecule has 9 heteroatoms. The van der Waals surface area contributed by atoms with Crippen LogP contribution in [0.4, 0.5) is 18.9 Å². The lowest BCUT2D eigenvalue weighted by atomic mass is 10.0. The van der Waals surface area contributed by atoms with Crippen molar-refractivity contribution >= 4 is 17.2 Å². The van der Waals surface area contributed by atoms with Gasteiger partial charge in [0, 0.05) is 35.4 Å². The summed E-state index contributed by atoms with van der Waals surface area (Å²) in [5, 5.41) is 6.82. The summed E-state index contributed by atoms with van der Waals surface area (Å²) in [5.74, 6) is 5.50. The van der Waals surface area contributed by atoms with E-state index < -0.39 is 17.6 Å². The number of hydrogen-bond acceptors (Lipinski definition) is 4. The van der Waals surface area contributed by atoms with Gasteiger partial charge in [-0.1, -0.05) is 12.0 Å². The first kappa shape index (κ1) is 23.8. The number of alkyl halides is 3. The number of fused-ring (bicyclic) bond motifs is 1. The van der Waals surface area contributed by atoms with Gasteiger partial charge in [0.05, 0.1) is 11.8 Å². The molecule has 0 spiro atoms. The molecule has 3 aromatic heterocycles. The van der Waals surface area contributed by atoms with E-state index in [0.717, 1.165) is 17.7 Å². The predicted molar refractivity (Wildman–Crippen MR) is 133 cm³/mol. The van der Waals surface area contributed by atoms with Crippen LogP contribution < -0.4 is 5.32 Å². The van der Waals surface area contributed by atoms with Gasteiger partial charge in [-0.15, -0.1) is 0 Å². The van der Waals surface area contributed by atoms with E-state index in [-0.39, 0.29) is 11.3 Å². The minimum Gasteiger partial charge on any atom is -0.322 e. The standard InChI is InChI=1S/C28H18F3N5O/c1-18-4-5-21(13-20(18)6-7-25-17-33-26-3-2-10-34-36(25)26)27(37)35-24-15-22(19-8-11-32-12-9-19)14-23(16-24)28(29,30)31/h2-5,8-17H,1H3,(H,35,37). The largest absolute Gasteiger partial charge is 0.416 e. The SMILES string of the molecule is Cc1ccc(C(=O)Nc2cc(-c3ccncc3)cc(C(F)(F)F)c2)cc1C#Cc1cnc2cccnn12. The average Bonchev–Trinajstić information content (AvgIpc) is 3.31. The molecule has 0 aliphatic carbocycles. The van der Waals surface area contributed by atoms with Gasteiger partial charge in [0.15, 0.2) is 5.65 Å². The molecule has 1 amide bonds. The van der Waals surface area contributed by atoms with Crippen molar-refractivity contribution in [3.8, 4) is 23.0 Å². The van der Waals surface area contributed by atoms with Crippen molar-refractivity contribution in [2.45, 2.75) is 13.1 Å². The van der Waals surface area contributed by atoms with Crippen molar-refractivity contribution in [3.63, 3.8) is 0 Å². The maximum Gasteiger partial charge on any atom is 0.416 e. The van der Waals surface area contributed by atoms with Gasteiger partial charge in [-0.05, 0) is 84.1 Å². The van der Waals surface area contributed by atoms with Crippen LogP contribution in [0.25, 0.3) is 16.8 Å². The molecule has 37 heavy (non-hydrogen) atoms. The fraction of sp³-hybridized carbons (Fsp3) is 0.0714. The highest BCUT2D eigenvalue weighted by Crippen LogP contribution is 2.35. The van der Waals surface area contributed by atoms with E-state index in [0.29, 0.717) is 28.0 Å². The molecule has 0 unspecified atom stereocenters. The topological polar surface area (TPSA) is 72.2 Å². The lowest BCUT2D eigenvalue weighted by Gasteiger charge is -2.14. The van der Waals surface area contributed by atoms with E-state index in [1.807, 2.05) is 13.0 Å². The first-order valence-corrected chi connectivity index (χ1v) is 11.1. The molecule has 0 saturated heterocycles. The Labute approximate surface area is 209 Å². The van der Waals surface area contributed by atoms with E-state index in [1.54, 1.807) is 53.3 Å². The average molecular weight is 497 g/mol. The molecule has 2 aromatic carbocycles. The van der Waals surface area contributed by atoms with Crippen molar-refractivity contribution in [2.24, 2.45) is 0 Å². The Bertz CT molecular complexity index is 1680. The summed E-state index contributed by atoms with van der Waals surface area (Å²) in [5.41, 5.74) is 2.95. The lowest BCUT2D eigenvalue weighted by molar-refractivity contribution is -0.137. The summed E-state index contributed by atoms with van der Waals surface area (Å²) < 4.78 is 42.3. The first-order chi connectivity index (χ1) is 17.8. The monoisotopic (exact) mass is 497 g/mol. The second-order valence-electron chi connectivity index (χ2n) is 8.20. The van der Waals surface area contributed by atoms with Gasteiger partial charge >= 0.3 is 6.18 Å². The highest BCUT2D eigenvalue weighted by atomic mass is 19.4. The molecule has 0 bridgehead atoms. The van der Waals surface area contributed by atoms with E-state index >= 15 is 0 Å². The number of carbonyl (C=O) groups is 1. The molecular weight excluding hydrogens is 479 g/mol. The van der Waals surface area contributed by atoms with Crippen molar-refractivity contribution in [1.29, 1.82) is 0 Å². The number of rotatable bonds is 3. The third-order valence-electron chi connectivity index (χ3n) is 5.63. The van der Waals surface area contributed by atoms with Crippen molar-refractivity contribution < 1.29 is 18.0 Å². The zero-order chi connectivity index (χ0) is 26.0. The van der Waals surface area contributed by atoms with Gasteiger partial charge in [-0.25, -0.2) is 9.50 Å². The molecule has 3 heterocycles. The number of imidazole rings is 1. The number of benzene rings is 2. The van der Waals surface area contributed by atoms with Crippen LogP contribution in [0.3, 0.4) is 0 Å². The van der Waals surface area contributed by atoms with Gasteiger partial charge in [0.25, 0.3) is 5.91 Å². The van der Waals surface area contributed by atoms with Gasteiger partial charge < -0.3 is 5.32 Å². The van der Waals surface area contributed by atoms with E-state index in [2.05, 4.69) is 32.2 Å². The Morgan fingerprint density at radius 3 is 2.54 bits per heavy atom. The van der Waals surface area contributed by atoms with Crippen LogP contribution in [-0.4, -0.2) is 25.5 Å². The Morgan fingerprint density at radius 1 is 0.946 bits per heavy atom. The summed E-state index contributed by atoms with van der Waals surface area (Å²) in [6.07, 6.45) is 1.64. The predicted octanol–water partition coefficient (Wildman–Crippen LogP) is 5.77. The minimum absolute atomic E-state index is 0.0247. The van der Waals surface area contributed by atoms with Crippen molar-refractivity contribution in [1.82, 2.24) is 19.6 Å². The molecule has 0 fully saturated rings. The maximum atomic E-state index is 13.6. The van der Waals surface area contributed by atoms with E-state index in [9.17, 15) is 18.0 Å². The molecule has 5 rings (SSSR count). The summed E-state index contributed by atoms with van der Waals surface area (Å²) in [6, 6.07) is 15.2. The smallest absolute Gasteiger partial charge is 0.322 e. The first-order valence-electron chi connectivity index (χ1n) is 11.1. The fourth-order valence-electron chi connectivity index (χ4n) is 3.72. The van der Waals surface area contributed by atoms with Crippen molar-refractivity contribution in [3.05, 3.63) is 113 Å². The lowest BCUT2D eigenvalue weighted by Crippen LogP contribution is -2.14. The van der Waals surface area contributed by atoms with Gasteiger partial charge in [-0.2, -0.15) is 18.3 Å². The van der Waals surface area contributed by atoms with Crippen LogP contribution in [-0.2, 0) is 6.18 Å². The number of nitrogens with one attached hydrogen (secondary N) is 1. The van der Waals surface area contributed by atoms with E-state index in [1.165, 1.54) is 18.5 Å². The zero-order valence-electron chi connectivity index (χ0n) is 19.4. The molecule has 0 atom stereocenters. The van der Waals surface area contributed by atoms with Crippen LogP contribution in [0.1, 0.15) is 32.7 Å². The van der Waals surface area contributed by atoms with Crippen LogP contribution in [0.2, 0.25) is 0 Å². The van der Waals surface area contributed by atoms with Crippen LogP contribution in [0, 0.1) is 18.8 Å². The molecule has 0 aliphatic rings. The highest BCUT2D eigenvalue weighted by molar-refractivity contribution is 6.05. The highest BCUT2D eigenvalue weighted by Gasteiger charge is 2.31. The molecule has 5 aromatic rings. The summed E-state index contributed by atoms with van der Waals surface area (Å²) >= 11 is 0. The normalized spacial score (nSPS) is 11.1. The molecule has 0 radical (unpaired) electrons. The molecule has 1 N–H and O–H groups in total. The molecule has 182 valence electrons. The minimum atomic E-state index is -4.58. The van der Waals surface area contributed by atoms with Crippen LogP contribution in [0.5, 0.6) is 0 Å². The third kappa shape index (κ3) is 5.18. The number of hydrogen-bond donors (Lipinski definition) is 1. The number of amides is 1. The van der Waals surface area contributed by atoms with Crippen LogP contribution >= 0.6 is 0 Å². The summed E-state index contributed by atoms with van der Waals surface area (Å²) in [6.45, 7) is 1.85. The Balaban J connectivity index is 1.45. The quantitative estimate of drug-likeness (QED) is 0.321. The summed E-state index contributed by atoms with van der Waals surface area (Å²) in [7, 11) is 0. The number of nitrogens with zero attached hydrogens (tertiary/aromatic N) is 4. The summed E-state index contributed by atoms with van der Waals surface area (Å²) in [4.78, 5) is 21.2. The Morgan fingerprint density at radius 2 is 1.76 bits per heavy atom. The van der Waals surface area contributed by atoms with Crippen LogP contribution in [0.15, 0.2) is 85.5 Å². The Kier molecular flexibility index (Phi) is 6.15. The number of carbonyl (C=O) groups excluding carboxylic acids is 1. The van der Waals surface area contributed by atoms with E-state index in [4.69, 9.17) is 0 Å². The molecular formula is C28H18F3N5O. The maximum absolute atomic E-state index is 13.6. The second kappa shape index (κ2) is 9.59. The number of halogens is 3. The number of anilines is 1. The Hall–Kier alpha value is -4.97. The second-order valence-corrected chi connectivity index (χ2v) is 8.20. The molecule has 0 saturated carbocycles. The number of aryl methyl sites for hydroxylation is 1. The number of aromatic nitrogens is 4. The number of pyridine rings is 1. The van der Waals surface area contributed by atoms with Crippen molar-refractivity contribution in [2.75, 3.05) is 5.32 Å². The molecule has 6 nitrogen and oxygen atoms in total. The molecule has 0 aliphatic heterocycles. The van der Waals surface area contributed by atoms with Gasteiger partial charge in [0.2, 0.25) is 0 Å². The van der Waals surface area contributed by atoms with Gasteiger partial charge in [0.1, 0.15) is 5.69 Å².